The van der Waals surface area contributed by atoms with Gasteiger partial charge in [0.1, 0.15) is 5.01 Å². The van der Waals surface area contributed by atoms with Gasteiger partial charge < -0.3 is 10.1 Å². The summed E-state index contributed by atoms with van der Waals surface area (Å²) >= 11 is 1.47. The SMILES string of the molecule is CC(C)(C)n1ncc(-c2nc(CC(=O)NCC3CCOCC3)cs2)c1-c1ccc(S(C)(=O)=O)cc1. The first-order chi connectivity index (χ1) is 16.5. The molecule has 1 fully saturated rings. The molecular weight excluding hydrogens is 484 g/mol. The minimum Gasteiger partial charge on any atom is -0.381 e. The Morgan fingerprint density at radius 3 is 2.51 bits per heavy atom. The van der Waals surface area contributed by atoms with Crippen molar-refractivity contribution < 1.29 is 17.9 Å². The van der Waals surface area contributed by atoms with Gasteiger partial charge in [0, 0.05) is 37.0 Å². The standard InChI is InChI=1S/C25H32N4O4S2/c1-25(2,3)29-23(18-5-7-20(8-6-18)35(4,31)32)21(15-27-29)24-28-19(16-34-24)13-22(30)26-14-17-9-11-33-12-10-17/h5-8,15-17H,9-14H2,1-4H3,(H,26,30). The third kappa shape index (κ3) is 6.17. The quantitative estimate of drug-likeness (QED) is 0.511. The summed E-state index contributed by atoms with van der Waals surface area (Å²) in [6.45, 7) is 8.39. The van der Waals surface area contributed by atoms with Gasteiger partial charge in [0.05, 0.1) is 40.0 Å². The molecule has 1 aliphatic rings. The average Bonchev–Trinajstić information content (AvgIpc) is 3.45. The van der Waals surface area contributed by atoms with Crippen LogP contribution in [-0.2, 0) is 31.3 Å². The van der Waals surface area contributed by atoms with E-state index in [0.29, 0.717) is 12.5 Å². The van der Waals surface area contributed by atoms with E-state index in [4.69, 9.17) is 9.72 Å². The highest BCUT2D eigenvalue weighted by atomic mass is 32.2. The third-order valence-corrected chi connectivity index (χ3v) is 8.07. The van der Waals surface area contributed by atoms with Crippen molar-refractivity contribution in [1.29, 1.82) is 0 Å². The van der Waals surface area contributed by atoms with Gasteiger partial charge in [-0.15, -0.1) is 11.3 Å². The Labute approximate surface area is 210 Å². The molecular formula is C25H32N4O4S2. The van der Waals surface area contributed by atoms with Crippen molar-refractivity contribution in [2.24, 2.45) is 5.92 Å². The van der Waals surface area contributed by atoms with Crippen LogP contribution in [0.25, 0.3) is 21.8 Å². The summed E-state index contributed by atoms with van der Waals surface area (Å²) in [6, 6.07) is 6.84. The molecule has 188 valence electrons. The van der Waals surface area contributed by atoms with Crippen molar-refractivity contribution in [1.82, 2.24) is 20.1 Å². The zero-order chi connectivity index (χ0) is 25.2. The lowest BCUT2D eigenvalue weighted by Crippen LogP contribution is -2.33. The first kappa shape index (κ1) is 25.5. The molecule has 0 spiro atoms. The van der Waals surface area contributed by atoms with Crippen LogP contribution in [0.15, 0.2) is 40.7 Å². The number of carbonyl (C=O) groups excluding carboxylic acids is 1. The first-order valence-electron chi connectivity index (χ1n) is 11.7. The van der Waals surface area contributed by atoms with E-state index in [-0.39, 0.29) is 22.8 Å². The van der Waals surface area contributed by atoms with Gasteiger partial charge in [-0.2, -0.15) is 5.10 Å². The van der Waals surface area contributed by atoms with Gasteiger partial charge in [0.15, 0.2) is 9.84 Å². The van der Waals surface area contributed by atoms with Gasteiger partial charge in [-0.1, -0.05) is 12.1 Å². The summed E-state index contributed by atoms with van der Waals surface area (Å²) in [6.07, 6.45) is 5.17. The summed E-state index contributed by atoms with van der Waals surface area (Å²) in [5.41, 5.74) is 2.99. The molecule has 1 aromatic carbocycles. The molecule has 8 nitrogen and oxygen atoms in total. The number of benzene rings is 1. The Kier molecular flexibility index (Phi) is 7.44. The van der Waals surface area contributed by atoms with Crippen molar-refractivity contribution >= 4 is 27.1 Å². The van der Waals surface area contributed by atoms with Crippen LogP contribution >= 0.6 is 11.3 Å². The van der Waals surface area contributed by atoms with E-state index >= 15 is 0 Å². The number of rotatable bonds is 7. The monoisotopic (exact) mass is 516 g/mol. The van der Waals surface area contributed by atoms with Crippen LogP contribution in [0.4, 0.5) is 0 Å². The molecule has 2 aromatic heterocycles. The normalized spacial score (nSPS) is 15.3. The van der Waals surface area contributed by atoms with E-state index in [2.05, 4.69) is 31.2 Å². The fraction of sp³-hybridized carbons (Fsp3) is 0.480. The van der Waals surface area contributed by atoms with E-state index < -0.39 is 9.84 Å². The number of ether oxygens (including phenoxy) is 1. The summed E-state index contributed by atoms with van der Waals surface area (Å²) < 4.78 is 31.1. The van der Waals surface area contributed by atoms with Crippen LogP contribution in [0.5, 0.6) is 0 Å². The molecule has 35 heavy (non-hydrogen) atoms. The molecule has 3 aromatic rings. The largest absolute Gasteiger partial charge is 0.381 e. The lowest BCUT2D eigenvalue weighted by Gasteiger charge is -2.23. The van der Waals surface area contributed by atoms with Gasteiger partial charge in [-0.25, -0.2) is 13.4 Å². The van der Waals surface area contributed by atoms with E-state index in [1.54, 1.807) is 30.5 Å². The second-order valence-electron chi connectivity index (χ2n) is 9.97. The van der Waals surface area contributed by atoms with Gasteiger partial charge in [-0.05, 0) is 51.7 Å². The maximum atomic E-state index is 12.5. The zero-order valence-electron chi connectivity index (χ0n) is 20.6. The number of hydrogen-bond acceptors (Lipinski definition) is 7. The fourth-order valence-electron chi connectivity index (χ4n) is 4.10. The molecule has 1 saturated heterocycles. The van der Waals surface area contributed by atoms with Crippen LogP contribution in [-0.4, -0.2) is 55.1 Å². The van der Waals surface area contributed by atoms with Gasteiger partial charge in [-0.3, -0.25) is 9.48 Å². The van der Waals surface area contributed by atoms with Crippen molar-refractivity contribution in [2.45, 2.75) is 50.5 Å². The lowest BCUT2D eigenvalue weighted by atomic mass is 10.0. The van der Waals surface area contributed by atoms with Crippen molar-refractivity contribution in [3.8, 4) is 21.8 Å². The predicted octanol–water partition coefficient (Wildman–Crippen LogP) is 3.92. The van der Waals surface area contributed by atoms with E-state index in [0.717, 1.165) is 53.6 Å². The van der Waals surface area contributed by atoms with Crippen molar-refractivity contribution in [3.63, 3.8) is 0 Å². The van der Waals surface area contributed by atoms with Crippen LogP contribution in [0.1, 0.15) is 39.3 Å². The summed E-state index contributed by atoms with van der Waals surface area (Å²) in [4.78, 5) is 17.5. The first-order valence-corrected chi connectivity index (χ1v) is 14.5. The van der Waals surface area contributed by atoms with Gasteiger partial charge in [0.25, 0.3) is 0 Å². The molecule has 3 heterocycles. The van der Waals surface area contributed by atoms with E-state index in [9.17, 15) is 13.2 Å². The minimum atomic E-state index is -3.29. The Morgan fingerprint density at radius 2 is 1.89 bits per heavy atom. The molecule has 10 heteroatoms. The van der Waals surface area contributed by atoms with E-state index in [1.165, 1.54) is 17.6 Å². The van der Waals surface area contributed by atoms with Crippen LogP contribution in [0, 0.1) is 5.92 Å². The molecule has 0 saturated carbocycles. The zero-order valence-corrected chi connectivity index (χ0v) is 22.2. The van der Waals surface area contributed by atoms with Crippen molar-refractivity contribution in [2.75, 3.05) is 26.0 Å². The van der Waals surface area contributed by atoms with Crippen molar-refractivity contribution in [3.05, 3.63) is 41.5 Å². The van der Waals surface area contributed by atoms with Crippen LogP contribution < -0.4 is 5.32 Å². The highest BCUT2D eigenvalue weighted by molar-refractivity contribution is 7.90. The molecule has 0 unspecified atom stereocenters. The molecule has 1 aliphatic heterocycles. The summed E-state index contributed by atoms with van der Waals surface area (Å²) in [5, 5.41) is 10.4. The molecule has 0 atom stereocenters. The van der Waals surface area contributed by atoms with Gasteiger partial charge in [0.2, 0.25) is 5.91 Å². The number of carbonyl (C=O) groups is 1. The highest BCUT2D eigenvalue weighted by Gasteiger charge is 2.25. The number of sulfone groups is 1. The smallest absolute Gasteiger partial charge is 0.226 e. The fourth-order valence-corrected chi connectivity index (χ4v) is 5.56. The summed E-state index contributed by atoms with van der Waals surface area (Å²) in [5.74, 6) is 0.439. The maximum Gasteiger partial charge on any atom is 0.226 e. The predicted molar refractivity (Wildman–Crippen MR) is 137 cm³/mol. The molecule has 0 radical (unpaired) electrons. The molecule has 1 amide bonds. The third-order valence-electron chi connectivity index (χ3n) is 6.01. The second kappa shape index (κ2) is 10.2. The Hall–Kier alpha value is -2.56. The number of amides is 1. The Bertz CT molecular complexity index is 1280. The molecule has 0 bridgehead atoms. The summed E-state index contributed by atoms with van der Waals surface area (Å²) in [7, 11) is -3.29. The number of aromatic nitrogens is 3. The molecule has 0 aliphatic carbocycles. The number of nitrogens with one attached hydrogen (secondary N) is 1. The van der Waals surface area contributed by atoms with E-state index in [1.807, 2.05) is 10.1 Å². The Morgan fingerprint density at radius 1 is 1.20 bits per heavy atom. The number of nitrogens with zero attached hydrogens (tertiary/aromatic N) is 3. The topological polar surface area (TPSA) is 103 Å². The number of hydrogen-bond donors (Lipinski definition) is 1. The molecule has 4 rings (SSSR count). The number of thiazole rings is 1. The van der Waals surface area contributed by atoms with Crippen LogP contribution in [0.3, 0.4) is 0 Å². The lowest BCUT2D eigenvalue weighted by molar-refractivity contribution is -0.120. The maximum absolute atomic E-state index is 12.5. The molecule has 1 N–H and O–H groups in total. The van der Waals surface area contributed by atoms with Gasteiger partial charge >= 0.3 is 0 Å². The highest BCUT2D eigenvalue weighted by Crippen LogP contribution is 2.37. The Balaban J connectivity index is 1.56. The average molecular weight is 517 g/mol. The minimum absolute atomic E-state index is 0.0321. The van der Waals surface area contributed by atoms with Crippen LogP contribution in [0.2, 0.25) is 0 Å². The second-order valence-corrected chi connectivity index (χ2v) is 12.8.